The molecule has 0 aromatic rings. The van der Waals surface area contributed by atoms with E-state index in [0.717, 1.165) is 0 Å². The van der Waals surface area contributed by atoms with E-state index in [2.05, 4.69) is 4.52 Å². The normalized spacial score (nSPS) is 15.4. The Bertz CT molecular complexity index is 759. The molecule has 13 heteroatoms. The van der Waals surface area contributed by atoms with Gasteiger partial charge in [-0.3, -0.25) is 23.7 Å². The second-order valence-corrected chi connectivity index (χ2v) is 10.1. The third-order valence-electron chi connectivity index (χ3n) is 5.44. The topological polar surface area (TPSA) is 172 Å². The van der Waals surface area contributed by atoms with Gasteiger partial charge in [-0.25, -0.2) is 4.57 Å². The van der Waals surface area contributed by atoms with E-state index in [4.69, 9.17) is 28.7 Å². The number of rotatable bonds is 15. The lowest BCUT2D eigenvalue weighted by Crippen LogP contribution is -2.38. The Morgan fingerprint density at radius 3 is 1.97 bits per heavy atom. The molecule has 0 saturated carbocycles. The van der Waals surface area contributed by atoms with Crippen molar-refractivity contribution in [3.8, 4) is 0 Å². The Hall–Kier alpha value is -2.01. The van der Waals surface area contributed by atoms with Crippen LogP contribution in [0.1, 0.15) is 60.3 Å². The number of carbonyl (C=O) groups excluding carboxylic acids is 4. The predicted molar refractivity (Wildman–Crippen MR) is 118 cm³/mol. The van der Waals surface area contributed by atoms with Gasteiger partial charge in [-0.2, -0.15) is 0 Å². The maximum atomic E-state index is 12.5. The SMILES string of the molecule is CCC(C)(CC(CC(CC(C)(C)C(=O)OCCOP(=O)(O)O)C(=O)OC)OC(C)=O)C(=O)OC. The number of ether oxygens (including phenoxy) is 4. The van der Waals surface area contributed by atoms with Gasteiger partial charge < -0.3 is 28.7 Å². The van der Waals surface area contributed by atoms with Crippen LogP contribution in [-0.2, 0) is 47.2 Å². The third-order valence-corrected chi connectivity index (χ3v) is 5.96. The second-order valence-electron chi connectivity index (χ2n) is 8.84. The van der Waals surface area contributed by atoms with Crippen molar-refractivity contribution in [2.24, 2.45) is 16.7 Å². The molecule has 3 unspecified atom stereocenters. The quantitative estimate of drug-likeness (QED) is 0.142. The van der Waals surface area contributed by atoms with Gasteiger partial charge in [-0.1, -0.05) is 6.92 Å². The molecule has 0 aromatic heterocycles. The fourth-order valence-corrected chi connectivity index (χ4v) is 3.77. The van der Waals surface area contributed by atoms with Crippen molar-refractivity contribution in [2.75, 3.05) is 27.4 Å². The summed E-state index contributed by atoms with van der Waals surface area (Å²) in [4.78, 5) is 66.4. The number of carbonyl (C=O) groups is 4. The average molecular weight is 512 g/mol. The molecular weight excluding hydrogens is 475 g/mol. The molecule has 0 heterocycles. The number of phosphoric acid groups is 1. The lowest BCUT2D eigenvalue weighted by Gasteiger charge is -2.32. The molecule has 0 bridgehead atoms. The van der Waals surface area contributed by atoms with Gasteiger partial charge in [0.25, 0.3) is 0 Å². The molecule has 3 atom stereocenters. The molecule has 12 nitrogen and oxygen atoms in total. The average Bonchev–Trinajstić information content (AvgIpc) is 2.73. The maximum absolute atomic E-state index is 12.5. The number of esters is 4. The van der Waals surface area contributed by atoms with Crippen LogP contribution in [0.5, 0.6) is 0 Å². The minimum Gasteiger partial charge on any atom is -0.469 e. The highest BCUT2D eigenvalue weighted by molar-refractivity contribution is 7.46. The van der Waals surface area contributed by atoms with Gasteiger partial charge in [-0.15, -0.1) is 0 Å². The number of phosphoric ester groups is 1. The van der Waals surface area contributed by atoms with E-state index < -0.39 is 67.8 Å². The van der Waals surface area contributed by atoms with Crippen molar-refractivity contribution in [1.82, 2.24) is 0 Å². The molecule has 0 spiro atoms. The standard InChI is InChI=1S/C21H37O12P/c1-8-21(5,19(25)30-7)13-16(33-14(2)22)11-15(17(23)29-6)12-20(3,4)18(24)31-9-10-32-34(26,27)28/h15-16H,8-13H2,1-7H3,(H2,26,27,28). The highest BCUT2D eigenvalue weighted by atomic mass is 31.2. The van der Waals surface area contributed by atoms with Crippen molar-refractivity contribution in [2.45, 2.75) is 66.4 Å². The molecule has 0 aliphatic rings. The molecule has 0 fully saturated rings. The van der Waals surface area contributed by atoms with Gasteiger partial charge in [0.1, 0.15) is 12.7 Å². The molecule has 0 rings (SSSR count). The van der Waals surface area contributed by atoms with Crippen LogP contribution in [0.15, 0.2) is 0 Å². The first-order valence-corrected chi connectivity index (χ1v) is 12.2. The smallest absolute Gasteiger partial charge is 0.469 e. The Balaban J connectivity index is 5.53. The van der Waals surface area contributed by atoms with Crippen molar-refractivity contribution < 1.29 is 57.0 Å². The molecule has 0 aliphatic heterocycles. The highest BCUT2D eigenvalue weighted by Crippen LogP contribution is 2.37. The molecular formula is C21H37O12P. The van der Waals surface area contributed by atoms with E-state index in [0.29, 0.717) is 6.42 Å². The van der Waals surface area contributed by atoms with Gasteiger partial charge in [-0.05, 0) is 40.0 Å². The zero-order chi connectivity index (χ0) is 26.7. The zero-order valence-corrected chi connectivity index (χ0v) is 21.7. The Labute approximate surface area is 199 Å². The summed E-state index contributed by atoms with van der Waals surface area (Å²) in [6.45, 7) is 6.81. The summed E-state index contributed by atoms with van der Waals surface area (Å²) in [5.41, 5.74) is -2.18. The summed E-state index contributed by atoms with van der Waals surface area (Å²) in [5, 5.41) is 0. The van der Waals surface area contributed by atoms with E-state index in [-0.39, 0.29) is 19.3 Å². The summed E-state index contributed by atoms with van der Waals surface area (Å²) >= 11 is 0. The van der Waals surface area contributed by atoms with Crippen LogP contribution in [0.25, 0.3) is 0 Å². The first-order chi connectivity index (χ1) is 15.5. The maximum Gasteiger partial charge on any atom is 0.469 e. The minimum atomic E-state index is -4.69. The molecule has 0 aromatic carbocycles. The lowest BCUT2D eigenvalue weighted by molar-refractivity contribution is -0.163. The fraction of sp³-hybridized carbons (Fsp3) is 0.810. The van der Waals surface area contributed by atoms with E-state index in [1.54, 1.807) is 13.8 Å². The Morgan fingerprint density at radius 1 is 0.941 bits per heavy atom. The van der Waals surface area contributed by atoms with Crippen LogP contribution in [0.2, 0.25) is 0 Å². The Morgan fingerprint density at radius 2 is 1.53 bits per heavy atom. The lowest BCUT2D eigenvalue weighted by atomic mass is 9.76. The molecule has 0 saturated heterocycles. The van der Waals surface area contributed by atoms with Crippen molar-refractivity contribution in [1.29, 1.82) is 0 Å². The Kier molecular flexibility index (Phi) is 13.0. The first kappa shape index (κ1) is 32.0. The van der Waals surface area contributed by atoms with Crippen LogP contribution in [-0.4, -0.2) is 67.2 Å². The van der Waals surface area contributed by atoms with E-state index in [9.17, 15) is 23.7 Å². The van der Waals surface area contributed by atoms with Crippen molar-refractivity contribution in [3.05, 3.63) is 0 Å². The second kappa shape index (κ2) is 13.8. The summed E-state index contributed by atoms with van der Waals surface area (Å²) in [6.07, 6.45) is -0.412. The van der Waals surface area contributed by atoms with Crippen molar-refractivity contribution >= 4 is 31.7 Å². The molecule has 2 N–H and O–H groups in total. The summed E-state index contributed by atoms with van der Waals surface area (Å²) in [5.74, 6) is -3.34. The van der Waals surface area contributed by atoms with Gasteiger partial charge in [0, 0.05) is 13.3 Å². The molecule has 0 radical (unpaired) electrons. The van der Waals surface area contributed by atoms with E-state index >= 15 is 0 Å². The first-order valence-electron chi connectivity index (χ1n) is 10.7. The summed E-state index contributed by atoms with van der Waals surface area (Å²) in [6, 6.07) is 0. The highest BCUT2D eigenvalue weighted by Gasteiger charge is 2.41. The van der Waals surface area contributed by atoms with Gasteiger partial charge in [0.2, 0.25) is 0 Å². The zero-order valence-electron chi connectivity index (χ0n) is 20.8. The number of hydrogen-bond donors (Lipinski definition) is 2. The van der Waals surface area contributed by atoms with Gasteiger partial charge >= 0.3 is 31.7 Å². The van der Waals surface area contributed by atoms with Crippen molar-refractivity contribution in [3.63, 3.8) is 0 Å². The molecule has 0 aliphatic carbocycles. The number of methoxy groups -OCH3 is 2. The molecule has 198 valence electrons. The van der Waals surface area contributed by atoms with E-state index in [1.807, 2.05) is 0 Å². The monoisotopic (exact) mass is 512 g/mol. The summed E-state index contributed by atoms with van der Waals surface area (Å²) in [7, 11) is -2.25. The van der Waals surface area contributed by atoms with E-state index in [1.165, 1.54) is 35.0 Å². The predicted octanol–water partition coefficient (Wildman–Crippen LogP) is 2.15. The number of hydrogen-bond acceptors (Lipinski definition) is 10. The van der Waals surface area contributed by atoms with Crippen LogP contribution in [0.4, 0.5) is 0 Å². The summed E-state index contributed by atoms with van der Waals surface area (Å²) < 4.78 is 35.1. The fourth-order valence-electron chi connectivity index (χ4n) is 3.46. The van der Waals surface area contributed by atoms with Gasteiger partial charge in [0.15, 0.2) is 0 Å². The minimum absolute atomic E-state index is 0.0170. The van der Waals surface area contributed by atoms with Crippen LogP contribution >= 0.6 is 7.82 Å². The van der Waals surface area contributed by atoms with Crippen LogP contribution < -0.4 is 0 Å². The van der Waals surface area contributed by atoms with Gasteiger partial charge in [0.05, 0.1) is 37.6 Å². The molecule has 34 heavy (non-hydrogen) atoms. The van der Waals surface area contributed by atoms with Crippen LogP contribution in [0, 0.1) is 16.7 Å². The van der Waals surface area contributed by atoms with Crippen LogP contribution in [0.3, 0.4) is 0 Å². The third kappa shape index (κ3) is 11.4. The molecule has 0 amide bonds. The largest absolute Gasteiger partial charge is 0.469 e.